The van der Waals surface area contributed by atoms with Crippen molar-refractivity contribution in [1.82, 2.24) is 5.32 Å². The zero-order chi connectivity index (χ0) is 16.2. The third kappa shape index (κ3) is 4.09. The molecule has 1 amide bonds. The minimum absolute atomic E-state index is 0.0104. The molecule has 0 fully saturated rings. The van der Waals surface area contributed by atoms with Gasteiger partial charge in [0, 0.05) is 6.42 Å². The monoisotopic (exact) mass is 295 g/mol. The van der Waals surface area contributed by atoms with Gasteiger partial charge in [-0.25, -0.2) is 0 Å². The minimum Gasteiger partial charge on any atom is -0.481 e. The fraction of sp³-hybridized carbons (Fsp3) is 0.625. The van der Waals surface area contributed by atoms with E-state index >= 15 is 0 Å². The summed E-state index contributed by atoms with van der Waals surface area (Å²) in [7, 11) is 0. The molecule has 5 heteroatoms. The molecule has 1 unspecified atom stereocenters. The van der Waals surface area contributed by atoms with Gasteiger partial charge in [0.15, 0.2) is 5.76 Å². The number of hydrogen-bond acceptors (Lipinski definition) is 3. The topological polar surface area (TPSA) is 79.5 Å². The Morgan fingerprint density at radius 3 is 2.33 bits per heavy atom. The molecular formula is C16H25NO4. The molecule has 118 valence electrons. The molecule has 1 aromatic heterocycles. The third-order valence-corrected chi connectivity index (χ3v) is 4.01. The van der Waals surface area contributed by atoms with Crippen LogP contribution in [0.15, 0.2) is 10.5 Å². The summed E-state index contributed by atoms with van der Waals surface area (Å²) in [6.07, 6.45) is 1.40. The summed E-state index contributed by atoms with van der Waals surface area (Å²) in [5, 5.41) is 11.8. The van der Waals surface area contributed by atoms with Crippen LogP contribution in [0.5, 0.6) is 0 Å². The largest absolute Gasteiger partial charge is 0.481 e. The van der Waals surface area contributed by atoms with Crippen molar-refractivity contribution in [3.8, 4) is 0 Å². The number of carboxylic acid groups (broad SMARTS) is 1. The number of furan rings is 1. The Labute approximate surface area is 125 Å². The van der Waals surface area contributed by atoms with Crippen molar-refractivity contribution in [2.24, 2.45) is 5.92 Å². The Kier molecular flexibility index (Phi) is 5.58. The van der Waals surface area contributed by atoms with Crippen LogP contribution in [-0.2, 0) is 17.6 Å². The highest BCUT2D eigenvalue weighted by Crippen LogP contribution is 2.23. The van der Waals surface area contributed by atoms with Crippen LogP contribution in [0, 0.1) is 5.92 Å². The molecular weight excluding hydrogens is 270 g/mol. The van der Waals surface area contributed by atoms with Gasteiger partial charge in [0.25, 0.3) is 5.91 Å². The quantitative estimate of drug-likeness (QED) is 0.810. The average molecular weight is 295 g/mol. The molecule has 2 N–H and O–H groups in total. The second kappa shape index (κ2) is 6.78. The standard InChI is InChI=1S/C16H25NO4/c1-6-11-8-13(21-12(11)7-2)15(20)17-16(5,10(3)4)9-14(18)19/h8,10H,6-7,9H2,1-5H3,(H,17,20)(H,18,19). The summed E-state index contributed by atoms with van der Waals surface area (Å²) in [4.78, 5) is 23.4. The molecule has 5 nitrogen and oxygen atoms in total. The maximum atomic E-state index is 12.3. The van der Waals surface area contributed by atoms with E-state index in [9.17, 15) is 9.59 Å². The minimum atomic E-state index is -0.936. The smallest absolute Gasteiger partial charge is 0.305 e. The second-order valence-electron chi connectivity index (χ2n) is 5.86. The van der Waals surface area contributed by atoms with Crippen molar-refractivity contribution in [2.45, 2.75) is 59.4 Å². The maximum Gasteiger partial charge on any atom is 0.305 e. The lowest BCUT2D eigenvalue weighted by atomic mass is 9.85. The van der Waals surface area contributed by atoms with E-state index in [4.69, 9.17) is 9.52 Å². The van der Waals surface area contributed by atoms with E-state index < -0.39 is 11.5 Å². The summed E-state index contributed by atoms with van der Waals surface area (Å²) in [5.41, 5.74) is 0.209. The zero-order valence-electron chi connectivity index (χ0n) is 13.4. The Morgan fingerprint density at radius 1 is 1.33 bits per heavy atom. The number of carbonyl (C=O) groups excluding carboxylic acids is 1. The van der Waals surface area contributed by atoms with Gasteiger partial charge in [-0.15, -0.1) is 0 Å². The van der Waals surface area contributed by atoms with Gasteiger partial charge in [-0.05, 0) is 30.9 Å². The third-order valence-electron chi connectivity index (χ3n) is 4.01. The normalized spacial score (nSPS) is 14.0. The highest BCUT2D eigenvalue weighted by Gasteiger charge is 2.34. The van der Waals surface area contributed by atoms with Gasteiger partial charge in [0.05, 0.1) is 12.0 Å². The van der Waals surface area contributed by atoms with E-state index in [1.807, 2.05) is 27.7 Å². The summed E-state index contributed by atoms with van der Waals surface area (Å²) in [5.74, 6) is -0.242. The van der Waals surface area contributed by atoms with Crippen LogP contribution in [0.1, 0.15) is 62.9 Å². The summed E-state index contributed by atoms with van der Waals surface area (Å²) in [6, 6.07) is 1.75. The number of carbonyl (C=O) groups is 2. The van der Waals surface area contributed by atoms with Crippen LogP contribution in [-0.4, -0.2) is 22.5 Å². The van der Waals surface area contributed by atoms with E-state index in [2.05, 4.69) is 5.32 Å². The predicted octanol–water partition coefficient (Wildman–Crippen LogP) is 3.02. The Hall–Kier alpha value is -1.78. The number of aliphatic carboxylic acids is 1. The Morgan fingerprint density at radius 2 is 1.95 bits per heavy atom. The van der Waals surface area contributed by atoms with Gasteiger partial charge in [-0.3, -0.25) is 9.59 Å². The van der Waals surface area contributed by atoms with Crippen molar-refractivity contribution < 1.29 is 19.1 Å². The van der Waals surface area contributed by atoms with Gasteiger partial charge in [-0.2, -0.15) is 0 Å². The first kappa shape index (κ1) is 17.3. The van der Waals surface area contributed by atoms with Crippen molar-refractivity contribution >= 4 is 11.9 Å². The molecule has 0 saturated heterocycles. The fourth-order valence-electron chi connectivity index (χ4n) is 2.20. The van der Waals surface area contributed by atoms with Gasteiger partial charge in [-0.1, -0.05) is 27.7 Å². The molecule has 1 aromatic rings. The van der Waals surface area contributed by atoms with E-state index in [0.29, 0.717) is 0 Å². The van der Waals surface area contributed by atoms with E-state index in [0.717, 1.165) is 24.2 Å². The molecule has 1 atom stereocenters. The number of aryl methyl sites for hydroxylation is 2. The highest BCUT2D eigenvalue weighted by molar-refractivity contribution is 5.92. The van der Waals surface area contributed by atoms with Crippen molar-refractivity contribution in [1.29, 1.82) is 0 Å². The summed E-state index contributed by atoms with van der Waals surface area (Å²) >= 11 is 0. The maximum absolute atomic E-state index is 12.3. The number of carboxylic acids is 1. The molecule has 0 aliphatic carbocycles. The zero-order valence-corrected chi connectivity index (χ0v) is 13.4. The molecule has 0 radical (unpaired) electrons. The lowest BCUT2D eigenvalue weighted by Gasteiger charge is -2.33. The molecule has 0 aliphatic heterocycles. The van der Waals surface area contributed by atoms with Gasteiger partial charge < -0.3 is 14.8 Å². The first-order valence-electron chi connectivity index (χ1n) is 7.39. The number of amides is 1. The van der Waals surface area contributed by atoms with Gasteiger partial charge in [0.1, 0.15) is 5.76 Å². The second-order valence-corrected chi connectivity index (χ2v) is 5.86. The first-order valence-corrected chi connectivity index (χ1v) is 7.39. The van der Waals surface area contributed by atoms with E-state index in [1.165, 1.54) is 0 Å². The molecule has 21 heavy (non-hydrogen) atoms. The Balaban J connectivity index is 2.97. The van der Waals surface area contributed by atoms with Crippen LogP contribution in [0.4, 0.5) is 0 Å². The molecule has 0 aromatic carbocycles. The molecule has 1 rings (SSSR count). The number of hydrogen-bond donors (Lipinski definition) is 2. The van der Waals surface area contributed by atoms with Crippen LogP contribution < -0.4 is 5.32 Å². The van der Waals surface area contributed by atoms with Gasteiger partial charge in [0.2, 0.25) is 0 Å². The first-order chi connectivity index (χ1) is 9.73. The van der Waals surface area contributed by atoms with Crippen LogP contribution in [0.2, 0.25) is 0 Å². The lowest BCUT2D eigenvalue weighted by Crippen LogP contribution is -2.51. The highest BCUT2D eigenvalue weighted by atomic mass is 16.4. The van der Waals surface area contributed by atoms with E-state index in [1.54, 1.807) is 13.0 Å². The Bertz CT molecular complexity index is 497. The van der Waals surface area contributed by atoms with Gasteiger partial charge >= 0.3 is 5.97 Å². The summed E-state index contributed by atoms with van der Waals surface area (Å²) in [6.45, 7) is 9.51. The predicted molar refractivity (Wildman–Crippen MR) is 80.4 cm³/mol. The average Bonchev–Trinajstić information content (AvgIpc) is 2.80. The van der Waals surface area contributed by atoms with Crippen molar-refractivity contribution in [2.75, 3.05) is 0 Å². The van der Waals surface area contributed by atoms with Crippen molar-refractivity contribution in [3.05, 3.63) is 23.2 Å². The number of nitrogens with one attached hydrogen (secondary N) is 1. The van der Waals surface area contributed by atoms with Crippen LogP contribution >= 0.6 is 0 Å². The van der Waals surface area contributed by atoms with E-state index in [-0.39, 0.29) is 24.0 Å². The fourth-order valence-corrected chi connectivity index (χ4v) is 2.20. The SMILES string of the molecule is CCc1cc(C(=O)NC(C)(CC(=O)O)C(C)C)oc1CC. The van der Waals surface area contributed by atoms with Crippen LogP contribution in [0.3, 0.4) is 0 Å². The van der Waals surface area contributed by atoms with Crippen LogP contribution in [0.25, 0.3) is 0 Å². The molecule has 0 saturated carbocycles. The summed E-state index contributed by atoms with van der Waals surface area (Å²) < 4.78 is 5.59. The molecule has 0 aliphatic rings. The lowest BCUT2D eigenvalue weighted by molar-refractivity contribution is -0.138. The molecule has 1 heterocycles. The number of rotatable bonds is 7. The molecule has 0 bridgehead atoms. The van der Waals surface area contributed by atoms with Crippen molar-refractivity contribution in [3.63, 3.8) is 0 Å². The molecule has 0 spiro atoms.